The van der Waals surface area contributed by atoms with Crippen molar-refractivity contribution < 1.29 is 14.3 Å². The predicted molar refractivity (Wildman–Crippen MR) is 106 cm³/mol. The Morgan fingerprint density at radius 3 is 1.96 bits per heavy atom. The Hall–Kier alpha value is -2.24. The molecule has 6 heteroatoms. The number of amides is 3. The number of hydrogen-bond acceptors (Lipinski definition) is 3. The molecule has 1 aromatic carbocycles. The number of nitrogens with one attached hydrogen (secondary N) is 3. The summed E-state index contributed by atoms with van der Waals surface area (Å²) in [6.07, 6.45) is 0.0618. The van der Waals surface area contributed by atoms with Crippen LogP contribution in [0, 0.1) is 0 Å². The molecule has 3 N–H and O–H groups in total. The molecule has 0 atom stereocenters. The van der Waals surface area contributed by atoms with Crippen molar-refractivity contribution in [1.29, 1.82) is 0 Å². The van der Waals surface area contributed by atoms with Crippen LogP contribution in [0.5, 0.6) is 0 Å². The fourth-order valence-electron chi connectivity index (χ4n) is 2.25. The van der Waals surface area contributed by atoms with Crippen LogP contribution in [0.15, 0.2) is 18.2 Å². The van der Waals surface area contributed by atoms with E-state index in [0.717, 1.165) is 16.8 Å². The molecule has 0 spiro atoms. The number of benzene rings is 1. The van der Waals surface area contributed by atoms with E-state index < -0.39 is 6.09 Å². The second-order valence-corrected chi connectivity index (χ2v) is 8.42. The number of carbonyl (C=O) groups excluding carboxylic acids is 2. The van der Waals surface area contributed by atoms with Crippen LogP contribution in [0.1, 0.15) is 59.1 Å². The van der Waals surface area contributed by atoms with Crippen molar-refractivity contribution in [2.75, 3.05) is 25.5 Å². The van der Waals surface area contributed by atoms with Crippen LogP contribution in [-0.4, -0.2) is 32.3 Å². The van der Waals surface area contributed by atoms with Crippen molar-refractivity contribution in [3.8, 4) is 0 Å². The van der Waals surface area contributed by atoms with Gasteiger partial charge in [-0.1, -0.05) is 47.6 Å². The Balaban J connectivity index is 2.70. The third-order valence-corrected chi connectivity index (χ3v) is 3.98. The van der Waals surface area contributed by atoms with E-state index in [-0.39, 0.29) is 23.5 Å². The fourth-order valence-corrected chi connectivity index (χ4v) is 2.25. The second-order valence-electron chi connectivity index (χ2n) is 8.42. The van der Waals surface area contributed by atoms with E-state index in [1.54, 1.807) is 7.05 Å². The summed E-state index contributed by atoms with van der Waals surface area (Å²) in [5, 5.41) is 7.92. The summed E-state index contributed by atoms with van der Waals surface area (Å²) in [5.74, 6) is 0. The molecule has 0 aliphatic carbocycles. The van der Waals surface area contributed by atoms with Gasteiger partial charge in [-0.15, -0.1) is 0 Å². The first-order valence-corrected chi connectivity index (χ1v) is 8.99. The molecule has 0 bridgehead atoms. The summed E-state index contributed by atoms with van der Waals surface area (Å²) in [6, 6.07) is 5.93. The van der Waals surface area contributed by atoms with Crippen LogP contribution in [0.3, 0.4) is 0 Å². The number of ether oxygens (including phenoxy) is 1. The minimum absolute atomic E-state index is 0.0207. The van der Waals surface area contributed by atoms with Gasteiger partial charge in [0.1, 0.15) is 0 Å². The molecule has 0 saturated carbocycles. The molecule has 0 saturated heterocycles. The molecule has 0 fully saturated rings. The van der Waals surface area contributed by atoms with Gasteiger partial charge < -0.3 is 15.4 Å². The van der Waals surface area contributed by atoms with Crippen molar-refractivity contribution >= 4 is 17.8 Å². The molecule has 3 amide bonds. The maximum Gasteiger partial charge on any atom is 0.411 e. The monoisotopic (exact) mass is 363 g/mol. The molecule has 6 nitrogen and oxygen atoms in total. The molecule has 0 aliphatic heterocycles. The first kappa shape index (κ1) is 21.8. The number of anilines is 1. The van der Waals surface area contributed by atoms with Gasteiger partial charge >= 0.3 is 12.1 Å². The second kappa shape index (κ2) is 8.92. The fraction of sp³-hybridized carbons (Fsp3) is 0.600. The van der Waals surface area contributed by atoms with Gasteiger partial charge in [-0.3, -0.25) is 5.32 Å². The van der Waals surface area contributed by atoms with Gasteiger partial charge in [0.15, 0.2) is 0 Å². The normalized spacial score (nSPS) is 11.7. The van der Waals surface area contributed by atoms with E-state index in [4.69, 9.17) is 4.74 Å². The molecule has 146 valence electrons. The van der Waals surface area contributed by atoms with Gasteiger partial charge in [0.2, 0.25) is 0 Å². The van der Waals surface area contributed by atoms with Gasteiger partial charge in [-0.05, 0) is 40.5 Å². The third-order valence-electron chi connectivity index (χ3n) is 3.98. The van der Waals surface area contributed by atoms with Gasteiger partial charge in [0, 0.05) is 19.3 Å². The SMILES string of the molecule is CNC(=O)NCCCOC(=O)Nc1cc(C(C)(C)C)cc(C(C)(C)C)c1. The van der Waals surface area contributed by atoms with Crippen molar-refractivity contribution in [3.63, 3.8) is 0 Å². The first-order chi connectivity index (χ1) is 11.9. The zero-order chi connectivity index (χ0) is 20.0. The van der Waals surface area contributed by atoms with Gasteiger partial charge in [-0.2, -0.15) is 0 Å². The zero-order valence-electron chi connectivity index (χ0n) is 17.1. The molecule has 1 aromatic rings. The molecular weight excluding hydrogens is 330 g/mol. The molecule has 0 radical (unpaired) electrons. The van der Waals surface area contributed by atoms with Gasteiger partial charge in [0.05, 0.1) is 6.61 Å². The molecule has 0 heterocycles. The highest BCUT2D eigenvalue weighted by atomic mass is 16.5. The van der Waals surface area contributed by atoms with E-state index in [1.165, 1.54) is 0 Å². The first-order valence-electron chi connectivity index (χ1n) is 8.99. The lowest BCUT2D eigenvalue weighted by Crippen LogP contribution is -2.33. The smallest absolute Gasteiger partial charge is 0.411 e. The predicted octanol–water partition coefficient (Wildman–Crippen LogP) is 4.15. The maximum absolute atomic E-state index is 12.1. The van der Waals surface area contributed by atoms with Crippen LogP contribution < -0.4 is 16.0 Å². The minimum atomic E-state index is -0.490. The number of rotatable bonds is 5. The summed E-state index contributed by atoms with van der Waals surface area (Å²) in [7, 11) is 1.55. The quantitative estimate of drug-likeness (QED) is 0.688. The Morgan fingerprint density at radius 1 is 0.962 bits per heavy atom. The minimum Gasteiger partial charge on any atom is -0.449 e. The van der Waals surface area contributed by atoms with E-state index in [9.17, 15) is 9.59 Å². The van der Waals surface area contributed by atoms with E-state index in [0.29, 0.717) is 13.0 Å². The van der Waals surface area contributed by atoms with E-state index in [1.807, 2.05) is 12.1 Å². The molecule has 1 rings (SSSR count). The average molecular weight is 364 g/mol. The van der Waals surface area contributed by atoms with Crippen LogP contribution in [-0.2, 0) is 15.6 Å². The van der Waals surface area contributed by atoms with E-state index in [2.05, 4.69) is 63.6 Å². The Morgan fingerprint density at radius 2 is 1.50 bits per heavy atom. The van der Waals surface area contributed by atoms with Gasteiger partial charge in [-0.25, -0.2) is 9.59 Å². The lowest BCUT2D eigenvalue weighted by Gasteiger charge is -2.26. The van der Waals surface area contributed by atoms with Crippen LogP contribution in [0.25, 0.3) is 0 Å². The van der Waals surface area contributed by atoms with Crippen LogP contribution in [0.2, 0.25) is 0 Å². The summed E-state index contributed by atoms with van der Waals surface area (Å²) in [6.45, 7) is 13.6. The maximum atomic E-state index is 12.1. The highest BCUT2D eigenvalue weighted by molar-refractivity contribution is 5.85. The number of carbonyl (C=O) groups is 2. The average Bonchev–Trinajstić information content (AvgIpc) is 2.52. The molecule has 0 aliphatic rings. The summed E-state index contributed by atoms with van der Waals surface area (Å²) >= 11 is 0. The molecule has 0 aromatic heterocycles. The van der Waals surface area contributed by atoms with Crippen LogP contribution in [0.4, 0.5) is 15.3 Å². The summed E-state index contributed by atoms with van der Waals surface area (Å²) in [5.41, 5.74) is 3.01. The van der Waals surface area contributed by atoms with Crippen molar-refractivity contribution in [2.24, 2.45) is 0 Å². The van der Waals surface area contributed by atoms with Crippen molar-refractivity contribution in [3.05, 3.63) is 29.3 Å². The third kappa shape index (κ3) is 7.33. The van der Waals surface area contributed by atoms with Crippen molar-refractivity contribution in [1.82, 2.24) is 10.6 Å². The highest BCUT2D eigenvalue weighted by Crippen LogP contribution is 2.32. The zero-order valence-corrected chi connectivity index (χ0v) is 17.1. The largest absolute Gasteiger partial charge is 0.449 e. The lowest BCUT2D eigenvalue weighted by molar-refractivity contribution is 0.160. The van der Waals surface area contributed by atoms with Crippen molar-refractivity contribution in [2.45, 2.75) is 58.8 Å². The topological polar surface area (TPSA) is 79.5 Å². The molecule has 26 heavy (non-hydrogen) atoms. The lowest BCUT2D eigenvalue weighted by atomic mass is 9.80. The van der Waals surface area contributed by atoms with E-state index >= 15 is 0 Å². The summed E-state index contributed by atoms with van der Waals surface area (Å²) in [4.78, 5) is 23.1. The number of hydrogen-bond donors (Lipinski definition) is 3. The highest BCUT2D eigenvalue weighted by Gasteiger charge is 2.21. The standard InChI is InChI=1S/C20H33N3O3/c1-19(2,3)14-11-15(20(4,5)6)13-16(12-14)23-18(25)26-10-8-9-22-17(24)21-7/h11-13H,8-10H2,1-7H3,(H,23,25)(H2,21,22,24). The Kier molecular flexibility index (Phi) is 7.48. The molecular formula is C20H33N3O3. The number of urea groups is 1. The summed E-state index contributed by atoms with van der Waals surface area (Å²) < 4.78 is 5.19. The molecule has 0 unspecified atom stereocenters. The van der Waals surface area contributed by atoms with Crippen LogP contribution >= 0.6 is 0 Å². The van der Waals surface area contributed by atoms with Gasteiger partial charge in [0.25, 0.3) is 0 Å². The Bertz CT molecular complexity index is 596. The Labute approximate surface area is 157 Å².